The van der Waals surface area contributed by atoms with Gasteiger partial charge in [0.1, 0.15) is 9.71 Å². The van der Waals surface area contributed by atoms with Crippen LogP contribution in [0, 0.1) is 0 Å². The van der Waals surface area contributed by atoms with E-state index in [-0.39, 0.29) is 4.90 Å². The van der Waals surface area contributed by atoms with E-state index in [1.165, 1.54) is 39.1 Å². The van der Waals surface area contributed by atoms with Gasteiger partial charge < -0.3 is 15.0 Å². The van der Waals surface area contributed by atoms with E-state index in [1.54, 1.807) is 18.2 Å². The molecule has 1 amide bonds. The fraction of sp³-hybridized carbons (Fsp3) is 0.350. The van der Waals surface area contributed by atoms with Crippen LogP contribution in [-0.4, -0.2) is 63.4 Å². The summed E-state index contributed by atoms with van der Waals surface area (Å²) in [5, 5.41) is 3.43. The Morgan fingerprint density at radius 1 is 1.19 bits per heavy atom. The third-order valence-electron chi connectivity index (χ3n) is 4.82. The molecular weight excluding hydrogens is 472 g/mol. The van der Waals surface area contributed by atoms with Crippen molar-refractivity contribution in [2.45, 2.75) is 17.7 Å². The summed E-state index contributed by atoms with van der Waals surface area (Å²) in [7, 11) is 0.209. The molecule has 1 aliphatic rings. The van der Waals surface area contributed by atoms with Gasteiger partial charge in [-0.3, -0.25) is 4.79 Å². The number of nitrogens with one attached hydrogen (secondary N) is 1. The molecule has 0 bridgehead atoms. The van der Waals surface area contributed by atoms with E-state index >= 15 is 0 Å². The number of aromatic nitrogens is 1. The molecule has 0 saturated carbocycles. The standard InChI is InChI=1S/C20H22N4O5S3/c1-23(2)20-22-18-15(31-20)11-16(30-18)19(26)29-12-17(25)21-13-6-5-7-14(10-13)32(27,28)24-8-3-4-9-24/h5-7,10-11H,3-4,8-9,12H2,1-2H3,(H,21,25). The highest BCUT2D eigenvalue weighted by Crippen LogP contribution is 2.34. The van der Waals surface area contributed by atoms with Crippen LogP contribution in [0.3, 0.4) is 0 Å². The van der Waals surface area contributed by atoms with Crippen molar-refractivity contribution in [3.05, 3.63) is 35.2 Å². The Hall–Kier alpha value is -2.54. The van der Waals surface area contributed by atoms with Crippen molar-refractivity contribution in [2.75, 3.05) is 44.0 Å². The minimum absolute atomic E-state index is 0.123. The summed E-state index contributed by atoms with van der Waals surface area (Å²) in [6.07, 6.45) is 1.69. The number of carbonyl (C=O) groups is 2. The molecule has 0 spiro atoms. The topological polar surface area (TPSA) is 109 Å². The molecule has 12 heteroatoms. The predicted octanol–water partition coefficient (Wildman–Crippen LogP) is 3.00. The summed E-state index contributed by atoms with van der Waals surface area (Å²) >= 11 is 2.68. The summed E-state index contributed by atoms with van der Waals surface area (Å²) in [4.78, 5) is 32.1. The summed E-state index contributed by atoms with van der Waals surface area (Å²) in [5.74, 6) is -1.16. The van der Waals surface area contributed by atoms with Gasteiger partial charge in [0, 0.05) is 32.9 Å². The number of nitrogens with zero attached hydrogens (tertiary/aromatic N) is 3. The average Bonchev–Trinajstić information content (AvgIpc) is 3.48. The molecule has 0 unspecified atom stereocenters. The van der Waals surface area contributed by atoms with Gasteiger partial charge in [0.2, 0.25) is 10.0 Å². The first-order valence-electron chi connectivity index (χ1n) is 9.89. The van der Waals surface area contributed by atoms with Crippen LogP contribution in [0.1, 0.15) is 22.5 Å². The largest absolute Gasteiger partial charge is 0.451 e. The van der Waals surface area contributed by atoms with Crippen molar-refractivity contribution >= 4 is 64.9 Å². The first-order chi connectivity index (χ1) is 15.2. The second-order valence-electron chi connectivity index (χ2n) is 7.43. The molecule has 4 rings (SSSR count). The minimum Gasteiger partial charge on any atom is -0.451 e. The number of amides is 1. The number of thiophene rings is 1. The lowest BCUT2D eigenvalue weighted by atomic mass is 10.3. The summed E-state index contributed by atoms with van der Waals surface area (Å²) in [6.45, 7) is 0.520. The average molecular weight is 495 g/mol. The van der Waals surface area contributed by atoms with Crippen molar-refractivity contribution in [1.82, 2.24) is 9.29 Å². The van der Waals surface area contributed by atoms with Gasteiger partial charge in [0.25, 0.3) is 5.91 Å². The van der Waals surface area contributed by atoms with E-state index in [1.807, 2.05) is 19.0 Å². The van der Waals surface area contributed by atoms with Gasteiger partial charge in [-0.2, -0.15) is 4.31 Å². The zero-order valence-corrected chi connectivity index (χ0v) is 20.0. The number of hydrogen-bond donors (Lipinski definition) is 1. The van der Waals surface area contributed by atoms with Crippen LogP contribution in [0.5, 0.6) is 0 Å². The number of hydrogen-bond acceptors (Lipinski definition) is 9. The zero-order chi connectivity index (χ0) is 22.9. The van der Waals surface area contributed by atoms with E-state index < -0.39 is 28.5 Å². The number of benzene rings is 1. The van der Waals surface area contributed by atoms with Crippen LogP contribution in [0.2, 0.25) is 0 Å². The van der Waals surface area contributed by atoms with Crippen LogP contribution in [-0.2, 0) is 19.6 Å². The molecule has 9 nitrogen and oxygen atoms in total. The Balaban J connectivity index is 1.36. The lowest BCUT2D eigenvalue weighted by Gasteiger charge is -2.16. The SMILES string of the molecule is CN(C)c1nc2sc(C(=O)OCC(=O)Nc3cccc(S(=O)(=O)N4CCCC4)c3)cc2s1. The molecule has 1 fully saturated rings. The molecule has 3 heterocycles. The van der Waals surface area contributed by atoms with Gasteiger partial charge in [-0.05, 0) is 37.1 Å². The summed E-state index contributed by atoms with van der Waals surface area (Å²) in [5.41, 5.74) is 0.323. The van der Waals surface area contributed by atoms with Crippen LogP contribution in [0.4, 0.5) is 10.8 Å². The molecule has 32 heavy (non-hydrogen) atoms. The first-order valence-corrected chi connectivity index (χ1v) is 13.0. The Labute approximate surface area is 193 Å². The van der Waals surface area contributed by atoms with E-state index in [4.69, 9.17) is 4.74 Å². The predicted molar refractivity (Wildman–Crippen MR) is 125 cm³/mol. The fourth-order valence-electron chi connectivity index (χ4n) is 3.23. The maximum Gasteiger partial charge on any atom is 0.348 e. The molecule has 1 aromatic carbocycles. The maximum absolute atomic E-state index is 12.7. The fourth-order valence-corrected chi connectivity index (χ4v) is 6.82. The number of thiazole rings is 1. The summed E-state index contributed by atoms with van der Waals surface area (Å²) < 4.78 is 32.8. The van der Waals surface area contributed by atoms with Gasteiger partial charge in [-0.15, -0.1) is 11.3 Å². The molecule has 3 aromatic rings. The molecule has 1 aliphatic heterocycles. The Bertz CT molecular complexity index is 1230. The number of sulfonamides is 1. The van der Waals surface area contributed by atoms with Crippen molar-refractivity contribution in [3.8, 4) is 0 Å². The second-order valence-corrected chi connectivity index (χ2v) is 11.4. The Morgan fingerprint density at radius 3 is 2.62 bits per heavy atom. The third kappa shape index (κ3) is 4.77. The highest BCUT2D eigenvalue weighted by molar-refractivity contribution is 7.89. The molecule has 0 atom stereocenters. The quantitative estimate of drug-likeness (QED) is 0.503. The number of anilines is 2. The van der Waals surface area contributed by atoms with Gasteiger partial charge >= 0.3 is 5.97 Å². The maximum atomic E-state index is 12.7. The summed E-state index contributed by atoms with van der Waals surface area (Å²) in [6, 6.07) is 7.77. The van der Waals surface area contributed by atoms with Crippen molar-refractivity contribution in [1.29, 1.82) is 0 Å². The normalized spacial score (nSPS) is 14.6. The van der Waals surface area contributed by atoms with Crippen LogP contribution in [0.25, 0.3) is 9.53 Å². The van der Waals surface area contributed by atoms with Gasteiger partial charge in [-0.1, -0.05) is 17.4 Å². The molecule has 2 aromatic heterocycles. The molecule has 0 radical (unpaired) electrons. The Morgan fingerprint density at radius 2 is 1.94 bits per heavy atom. The third-order valence-corrected chi connectivity index (χ3v) is 9.02. The van der Waals surface area contributed by atoms with Crippen LogP contribution in [0.15, 0.2) is 35.2 Å². The molecular formula is C20H22N4O5S3. The number of esters is 1. The van der Waals surface area contributed by atoms with Crippen LogP contribution < -0.4 is 10.2 Å². The van der Waals surface area contributed by atoms with Gasteiger partial charge in [0.15, 0.2) is 11.7 Å². The number of ether oxygens (including phenoxy) is 1. The van der Waals surface area contributed by atoms with E-state index in [9.17, 15) is 18.0 Å². The molecule has 0 aliphatic carbocycles. The monoisotopic (exact) mass is 494 g/mol. The van der Waals surface area contributed by atoms with E-state index in [0.29, 0.717) is 23.7 Å². The highest BCUT2D eigenvalue weighted by Gasteiger charge is 2.27. The van der Waals surface area contributed by atoms with Gasteiger partial charge in [0.05, 0.1) is 9.60 Å². The molecule has 1 saturated heterocycles. The van der Waals surface area contributed by atoms with Crippen LogP contribution >= 0.6 is 22.7 Å². The zero-order valence-electron chi connectivity index (χ0n) is 17.5. The first kappa shape index (κ1) is 22.6. The second kappa shape index (κ2) is 9.14. The Kier molecular flexibility index (Phi) is 6.47. The lowest BCUT2D eigenvalue weighted by Crippen LogP contribution is -2.28. The number of carbonyl (C=O) groups excluding carboxylic acids is 2. The minimum atomic E-state index is -3.58. The van der Waals surface area contributed by atoms with Gasteiger partial charge in [-0.25, -0.2) is 18.2 Å². The van der Waals surface area contributed by atoms with Crippen molar-refractivity contribution in [3.63, 3.8) is 0 Å². The number of fused-ring (bicyclic) bond motifs is 1. The molecule has 170 valence electrons. The lowest BCUT2D eigenvalue weighted by molar-refractivity contribution is -0.119. The highest BCUT2D eigenvalue weighted by atomic mass is 32.2. The van der Waals surface area contributed by atoms with Crippen molar-refractivity contribution < 1.29 is 22.7 Å². The molecule has 1 N–H and O–H groups in total. The smallest absolute Gasteiger partial charge is 0.348 e. The number of rotatable bonds is 7. The van der Waals surface area contributed by atoms with E-state index in [0.717, 1.165) is 27.5 Å². The van der Waals surface area contributed by atoms with E-state index in [2.05, 4.69) is 10.3 Å². The van der Waals surface area contributed by atoms with Crippen molar-refractivity contribution in [2.24, 2.45) is 0 Å².